The molecule has 1 aromatic carbocycles. The van der Waals surface area contributed by atoms with Crippen molar-refractivity contribution in [1.29, 1.82) is 0 Å². The van der Waals surface area contributed by atoms with Crippen LogP contribution in [0.5, 0.6) is 0 Å². The molecule has 32 heavy (non-hydrogen) atoms. The van der Waals surface area contributed by atoms with E-state index in [9.17, 15) is 14.4 Å². The summed E-state index contributed by atoms with van der Waals surface area (Å²) in [5.74, 6) is -0.556. The molecule has 0 saturated heterocycles. The Morgan fingerprint density at radius 1 is 1.03 bits per heavy atom. The first-order chi connectivity index (χ1) is 14.9. The van der Waals surface area contributed by atoms with E-state index in [1.54, 1.807) is 25.7 Å². The van der Waals surface area contributed by atoms with Crippen LogP contribution >= 0.6 is 0 Å². The maximum atomic E-state index is 13.4. The van der Waals surface area contributed by atoms with Gasteiger partial charge < -0.3 is 20.3 Å². The van der Waals surface area contributed by atoms with Gasteiger partial charge in [0.05, 0.1) is 0 Å². The first-order valence-corrected chi connectivity index (χ1v) is 11.5. The fourth-order valence-corrected chi connectivity index (χ4v) is 3.62. The number of aryl methyl sites for hydroxylation is 2. The summed E-state index contributed by atoms with van der Waals surface area (Å²) in [5.41, 5.74) is 2.04. The highest BCUT2D eigenvalue weighted by atomic mass is 16.6. The fraction of sp³-hybridized carbons (Fsp3) is 0.640. The molecule has 0 aliphatic carbocycles. The van der Waals surface area contributed by atoms with Gasteiger partial charge in [0.25, 0.3) is 0 Å². The molecule has 1 atom stereocenters. The van der Waals surface area contributed by atoms with Crippen LogP contribution in [0.15, 0.2) is 18.2 Å². The van der Waals surface area contributed by atoms with Crippen LogP contribution in [0, 0.1) is 13.8 Å². The van der Waals surface area contributed by atoms with Crippen molar-refractivity contribution >= 4 is 17.9 Å². The Kier molecular flexibility index (Phi) is 10.7. The van der Waals surface area contributed by atoms with Crippen LogP contribution < -0.4 is 10.6 Å². The number of carbonyl (C=O) groups is 3. The molecule has 1 unspecified atom stereocenters. The van der Waals surface area contributed by atoms with Crippen LogP contribution in [-0.2, 0) is 14.3 Å². The molecule has 0 fully saturated rings. The predicted octanol–water partition coefficient (Wildman–Crippen LogP) is 4.41. The van der Waals surface area contributed by atoms with Gasteiger partial charge >= 0.3 is 6.09 Å². The molecule has 0 spiro atoms. The van der Waals surface area contributed by atoms with E-state index in [4.69, 9.17) is 4.74 Å². The summed E-state index contributed by atoms with van der Waals surface area (Å²) in [6.07, 6.45) is 2.31. The van der Waals surface area contributed by atoms with Gasteiger partial charge in [-0.15, -0.1) is 0 Å². The molecule has 0 bridgehead atoms. The highest BCUT2D eigenvalue weighted by Crippen LogP contribution is 2.29. The fourth-order valence-electron chi connectivity index (χ4n) is 3.62. The number of amides is 3. The second kappa shape index (κ2) is 12.5. The number of unbranched alkanes of at least 4 members (excludes halogenated alkanes) is 2. The van der Waals surface area contributed by atoms with Gasteiger partial charge in [-0.2, -0.15) is 0 Å². The van der Waals surface area contributed by atoms with Crippen molar-refractivity contribution in [2.45, 2.75) is 92.3 Å². The van der Waals surface area contributed by atoms with E-state index in [-0.39, 0.29) is 24.4 Å². The Hall–Kier alpha value is -2.57. The molecule has 0 saturated carbocycles. The summed E-state index contributed by atoms with van der Waals surface area (Å²) in [6, 6.07) is 4.79. The average molecular weight is 448 g/mol. The molecular weight excluding hydrogens is 406 g/mol. The molecule has 3 amide bonds. The molecule has 1 rings (SSSR count). The van der Waals surface area contributed by atoms with E-state index >= 15 is 0 Å². The second-order valence-corrected chi connectivity index (χ2v) is 9.46. The Balaban J connectivity index is 3.20. The smallest absolute Gasteiger partial charge is 0.408 e. The summed E-state index contributed by atoms with van der Waals surface area (Å²) in [4.78, 5) is 40.2. The van der Waals surface area contributed by atoms with E-state index in [1.807, 2.05) is 45.9 Å². The normalized spacial score (nSPS) is 12.3. The Labute approximate surface area is 193 Å². The highest BCUT2D eigenvalue weighted by Gasteiger charge is 2.35. The quantitative estimate of drug-likeness (QED) is 0.520. The summed E-state index contributed by atoms with van der Waals surface area (Å²) in [7, 11) is 0. The Morgan fingerprint density at radius 2 is 1.62 bits per heavy atom. The van der Waals surface area contributed by atoms with Gasteiger partial charge in [0, 0.05) is 12.6 Å². The maximum Gasteiger partial charge on any atom is 0.408 e. The van der Waals surface area contributed by atoms with Crippen LogP contribution in [0.1, 0.15) is 83.5 Å². The number of hydrogen-bond donors (Lipinski definition) is 2. The standard InChI is InChI=1S/C25H41N3O4/c1-9-10-11-15-26-23(30)22(21-18(4)13-12-14-19(21)5)28(17(2)3)20(29)16-27-24(31)32-25(6,7)8/h12-14,17,22H,9-11,15-16H2,1-8H3,(H,26,30)(H,27,31). The molecule has 0 radical (unpaired) electrons. The molecule has 0 aliphatic rings. The molecule has 1 aromatic rings. The van der Waals surface area contributed by atoms with Crippen molar-refractivity contribution in [3.63, 3.8) is 0 Å². The van der Waals surface area contributed by atoms with E-state index < -0.39 is 17.7 Å². The number of rotatable bonds is 10. The Bertz CT molecular complexity index is 764. The molecule has 7 nitrogen and oxygen atoms in total. The zero-order valence-corrected chi connectivity index (χ0v) is 21.0. The van der Waals surface area contributed by atoms with Gasteiger partial charge in [0.1, 0.15) is 18.2 Å². The largest absolute Gasteiger partial charge is 0.444 e. The first-order valence-electron chi connectivity index (χ1n) is 11.5. The summed E-state index contributed by atoms with van der Waals surface area (Å²) >= 11 is 0. The number of ether oxygens (including phenoxy) is 1. The van der Waals surface area contributed by atoms with Crippen molar-refractivity contribution in [3.8, 4) is 0 Å². The number of carbonyl (C=O) groups excluding carboxylic acids is 3. The topological polar surface area (TPSA) is 87.7 Å². The van der Waals surface area contributed by atoms with Gasteiger partial charge in [0.2, 0.25) is 11.8 Å². The van der Waals surface area contributed by atoms with Gasteiger partial charge in [-0.25, -0.2) is 4.79 Å². The van der Waals surface area contributed by atoms with Crippen LogP contribution in [0.3, 0.4) is 0 Å². The SMILES string of the molecule is CCCCCNC(=O)C(c1c(C)cccc1C)N(C(=O)CNC(=O)OC(C)(C)C)C(C)C. The minimum absolute atomic E-state index is 0.210. The van der Waals surface area contributed by atoms with E-state index in [2.05, 4.69) is 17.6 Å². The third-order valence-electron chi connectivity index (χ3n) is 5.05. The minimum atomic E-state index is -0.786. The number of nitrogens with zero attached hydrogens (tertiary/aromatic N) is 1. The highest BCUT2D eigenvalue weighted by molar-refractivity contribution is 5.91. The van der Waals surface area contributed by atoms with E-state index in [1.165, 1.54) is 0 Å². The van der Waals surface area contributed by atoms with Gasteiger partial charge in [0.15, 0.2) is 0 Å². The zero-order valence-electron chi connectivity index (χ0n) is 21.0. The number of nitrogens with one attached hydrogen (secondary N) is 2. The molecule has 0 aliphatic heterocycles. The second-order valence-electron chi connectivity index (χ2n) is 9.46. The first kappa shape index (κ1) is 27.5. The molecule has 180 valence electrons. The lowest BCUT2D eigenvalue weighted by Crippen LogP contribution is -2.51. The van der Waals surface area contributed by atoms with Crippen molar-refractivity contribution in [1.82, 2.24) is 15.5 Å². The lowest BCUT2D eigenvalue weighted by molar-refractivity contribution is -0.142. The van der Waals surface area contributed by atoms with Gasteiger partial charge in [-0.05, 0) is 71.6 Å². The van der Waals surface area contributed by atoms with Crippen molar-refractivity contribution in [2.75, 3.05) is 13.1 Å². The molecule has 0 aromatic heterocycles. The summed E-state index contributed by atoms with van der Waals surface area (Å²) in [6.45, 7) is 15.3. The predicted molar refractivity (Wildman–Crippen MR) is 127 cm³/mol. The lowest BCUT2D eigenvalue weighted by Gasteiger charge is -2.36. The minimum Gasteiger partial charge on any atom is -0.444 e. The molecule has 0 heterocycles. The number of hydrogen-bond acceptors (Lipinski definition) is 4. The molecule has 7 heteroatoms. The van der Waals surface area contributed by atoms with E-state index in [0.717, 1.165) is 36.0 Å². The van der Waals surface area contributed by atoms with Gasteiger partial charge in [-0.3, -0.25) is 9.59 Å². The lowest BCUT2D eigenvalue weighted by atomic mass is 9.93. The van der Waals surface area contributed by atoms with Gasteiger partial charge in [-0.1, -0.05) is 38.0 Å². The maximum absolute atomic E-state index is 13.4. The van der Waals surface area contributed by atoms with Crippen molar-refractivity contribution in [2.24, 2.45) is 0 Å². The Morgan fingerprint density at radius 3 is 2.12 bits per heavy atom. The van der Waals surface area contributed by atoms with Crippen LogP contribution in [0.2, 0.25) is 0 Å². The summed E-state index contributed by atoms with van der Waals surface area (Å²) < 4.78 is 5.24. The van der Waals surface area contributed by atoms with Crippen molar-refractivity contribution < 1.29 is 19.1 Å². The molecular formula is C25H41N3O4. The third kappa shape index (κ3) is 8.52. The number of benzene rings is 1. The van der Waals surface area contributed by atoms with Crippen molar-refractivity contribution in [3.05, 3.63) is 34.9 Å². The van der Waals surface area contributed by atoms with Crippen LogP contribution in [0.4, 0.5) is 4.79 Å². The summed E-state index contributed by atoms with van der Waals surface area (Å²) in [5, 5.41) is 5.54. The van der Waals surface area contributed by atoms with E-state index in [0.29, 0.717) is 6.54 Å². The van der Waals surface area contributed by atoms with Crippen LogP contribution in [-0.4, -0.2) is 47.5 Å². The third-order valence-corrected chi connectivity index (χ3v) is 5.05. The monoisotopic (exact) mass is 447 g/mol. The average Bonchev–Trinajstić information content (AvgIpc) is 2.66. The van der Waals surface area contributed by atoms with Crippen LogP contribution in [0.25, 0.3) is 0 Å². The zero-order chi connectivity index (χ0) is 24.5. The molecule has 2 N–H and O–H groups in total. The number of alkyl carbamates (subject to hydrolysis) is 1.